The lowest BCUT2D eigenvalue weighted by Crippen LogP contribution is -2.34. The first-order chi connectivity index (χ1) is 14.3. The zero-order valence-corrected chi connectivity index (χ0v) is 18.2. The van der Waals surface area contributed by atoms with Gasteiger partial charge in [0.25, 0.3) is 10.0 Å². The van der Waals surface area contributed by atoms with Crippen molar-refractivity contribution in [2.24, 2.45) is 0 Å². The van der Waals surface area contributed by atoms with Crippen molar-refractivity contribution in [3.05, 3.63) is 89.5 Å². The van der Waals surface area contributed by atoms with Crippen LogP contribution in [-0.4, -0.2) is 20.9 Å². The third-order valence-electron chi connectivity index (χ3n) is 5.07. The number of amides is 1. The smallest absolute Gasteiger partial charge is 0.264 e. The van der Waals surface area contributed by atoms with E-state index in [2.05, 4.69) is 5.32 Å². The minimum absolute atomic E-state index is 0.0351. The second-order valence-electron chi connectivity index (χ2n) is 7.27. The predicted molar refractivity (Wildman–Crippen MR) is 121 cm³/mol. The van der Waals surface area contributed by atoms with Crippen molar-refractivity contribution >= 4 is 27.3 Å². The molecule has 0 unspecified atom stereocenters. The molecule has 0 aliphatic carbocycles. The Morgan fingerprint density at radius 1 is 0.867 bits per heavy atom. The first kappa shape index (κ1) is 21.6. The summed E-state index contributed by atoms with van der Waals surface area (Å²) in [6.07, 6.45) is 0.0351. The molecule has 3 aromatic carbocycles. The van der Waals surface area contributed by atoms with Crippen LogP contribution in [0.15, 0.2) is 77.7 Å². The first-order valence-electron chi connectivity index (χ1n) is 9.79. The van der Waals surface area contributed by atoms with Crippen molar-refractivity contribution in [1.82, 2.24) is 0 Å². The van der Waals surface area contributed by atoms with E-state index in [9.17, 15) is 13.2 Å². The molecule has 0 aliphatic heterocycles. The number of para-hydroxylation sites is 1. The van der Waals surface area contributed by atoms with Crippen molar-refractivity contribution in [3.8, 4) is 0 Å². The van der Waals surface area contributed by atoms with Crippen LogP contribution in [0.3, 0.4) is 0 Å². The maximum absolute atomic E-state index is 13.3. The Hall–Kier alpha value is -3.12. The fraction of sp³-hybridized carbons (Fsp3) is 0.208. The summed E-state index contributed by atoms with van der Waals surface area (Å²) in [7, 11) is -3.80. The third kappa shape index (κ3) is 4.89. The van der Waals surface area contributed by atoms with Crippen LogP contribution >= 0.6 is 0 Å². The Morgan fingerprint density at radius 3 is 2.20 bits per heavy atom. The highest BCUT2D eigenvalue weighted by atomic mass is 32.2. The summed E-state index contributed by atoms with van der Waals surface area (Å²) in [6.45, 7) is 5.87. The SMILES string of the molecule is Cc1ccc(S(=O)(=O)N(CCC(=O)Nc2cccc(C)c2C)c2ccccc2)cc1. The molecule has 0 heterocycles. The Morgan fingerprint density at radius 2 is 1.53 bits per heavy atom. The lowest BCUT2D eigenvalue weighted by Gasteiger charge is -2.24. The van der Waals surface area contributed by atoms with Gasteiger partial charge in [-0.2, -0.15) is 0 Å². The van der Waals surface area contributed by atoms with Crippen molar-refractivity contribution in [2.45, 2.75) is 32.1 Å². The molecule has 0 spiro atoms. The molecular formula is C24H26N2O3S. The lowest BCUT2D eigenvalue weighted by molar-refractivity contribution is -0.116. The summed E-state index contributed by atoms with van der Waals surface area (Å²) in [6, 6.07) is 21.3. The normalized spacial score (nSPS) is 11.2. The maximum atomic E-state index is 13.3. The van der Waals surface area contributed by atoms with E-state index in [1.165, 1.54) is 4.31 Å². The van der Waals surface area contributed by atoms with Crippen LogP contribution in [0.5, 0.6) is 0 Å². The van der Waals surface area contributed by atoms with Crippen molar-refractivity contribution in [3.63, 3.8) is 0 Å². The van der Waals surface area contributed by atoms with Gasteiger partial charge < -0.3 is 5.32 Å². The Labute approximate surface area is 178 Å². The Kier molecular flexibility index (Phi) is 6.57. The van der Waals surface area contributed by atoms with Crippen LogP contribution in [0.2, 0.25) is 0 Å². The Balaban J connectivity index is 1.82. The molecule has 3 rings (SSSR count). The van der Waals surface area contributed by atoms with Crippen molar-refractivity contribution < 1.29 is 13.2 Å². The van der Waals surface area contributed by atoms with Crippen LogP contribution < -0.4 is 9.62 Å². The van der Waals surface area contributed by atoms with Crippen LogP contribution in [0, 0.1) is 20.8 Å². The van der Waals surface area contributed by atoms with Gasteiger partial charge in [0.05, 0.1) is 10.6 Å². The van der Waals surface area contributed by atoms with Crippen molar-refractivity contribution in [2.75, 3.05) is 16.2 Å². The molecule has 30 heavy (non-hydrogen) atoms. The number of nitrogens with one attached hydrogen (secondary N) is 1. The third-order valence-corrected chi connectivity index (χ3v) is 6.92. The topological polar surface area (TPSA) is 66.5 Å². The van der Waals surface area contributed by atoms with E-state index in [1.54, 1.807) is 48.5 Å². The summed E-state index contributed by atoms with van der Waals surface area (Å²) in [5, 5.41) is 2.90. The summed E-state index contributed by atoms with van der Waals surface area (Å²) < 4.78 is 27.9. The van der Waals surface area contributed by atoms with Gasteiger partial charge in [-0.05, 0) is 62.2 Å². The lowest BCUT2D eigenvalue weighted by atomic mass is 10.1. The largest absolute Gasteiger partial charge is 0.326 e. The van der Waals surface area contributed by atoms with Gasteiger partial charge in [0, 0.05) is 18.7 Å². The van der Waals surface area contributed by atoms with Gasteiger partial charge in [0.15, 0.2) is 0 Å². The summed E-state index contributed by atoms with van der Waals surface area (Å²) in [4.78, 5) is 12.8. The highest BCUT2D eigenvalue weighted by molar-refractivity contribution is 7.92. The van der Waals surface area contributed by atoms with Gasteiger partial charge in [0.2, 0.25) is 5.91 Å². The highest BCUT2D eigenvalue weighted by Crippen LogP contribution is 2.24. The molecule has 0 aromatic heterocycles. The fourth-order valence-corrected chi connectivity index (χ4v) is 4.59. The number of hydrogen-bond donors (Lipinski definition) is 1. The van der Waals surface area contributed by atoms with Crippen molar-refractivity contribution in [1.29, 1.82) is 0 Å². The number of sulfonamides is 1. The summed E-state index contributed by atoms with van der Waals surface area (Å²) >= 11 is 0. The van der Waals surface area contributed by atoms with Gasteiger partial charge in [-0.3, -0.25) is 9.10 Å². The van der Waals surface area contributed by atoms with Crippen LogP contribution in [0.25, 0.3) is 0 Å². The van der Waals surface area contributed by atoms with E-state index in [-0.39, 0.29) is 23.8 Å². The molecule has 0 saturated carbocycles. The summed E-state index contributed by atoms with van der Waals surface area (Å²) in [5.74, 6) is -0.233. The molecule has 0 aliphatic rings. The number of carbonyl (C=O) groups excluding carboxylic acids is 1. The molecule has 0 saturated heterocycles. The number of aryl methyl sites for hydroxylation is 2. The molecule has 5 nitrogen and oxygen atoms in total. The molecule has 0 bridgehead atoms. The monoisotopic (exact) mass is 422 g/mol. The molecule has 1 N–H and O–H groups in total. The molecule has 0 atom stereocenters. The molecule has 6 heteroatoms. The maximum Gasteiger partial charge on any atom is 0.264 e. The average molecular weight is 423 g/mol. The minimum atomic E-state index is -3.80. The average Bonchev–Trinajstić information content (AvgIpc) is 2.72. The van der Waals surface area contributed by atoms with Gasteiger partial charge in [0.1, 0.15) is 0 Å². The molecule has 1 amide bonds. The molecular weight excluding hydrogens is 396 g/mol. The van der Waals surface area contributed by atoms with Gasteiger partial charge in [-0.25, -0.2) is 8.42 Å². The molecule has 156 valence electrons. The van der Waals surface area contributed by atoms with E-state index < -0.39 is 10.0 Å². The molecule has 3 aromatic rings. The molecule has 0 radical (unpaired) electrons. The minimum Gasteiger partial charge on any atom is -0.326 e. The van der Waals surface area contributed by atoms with Crippen LogP contribution in [0.4, 0.5) is 11.4 Å². The Bertz CT molecular complexity index is 1120. The fourth-order valence-electron chi connectivity index (χ4n) is 3.12. The van der Waals surface area contributed by atoms with E-state index in [1.807, 2.05) is 45.0 Å². The number of nitrogens with zero attached hydrogens (tertiary/aromatic N) is 1. The van der Waals surface area contributed by atoms with E-state index in [0.717, 1.165) is 22.4 Å². The standard InChI is InChI=1S/C24H26N2O3S/c1-18-12-14-22(15-13-18)30(28,29)26(21-9-5-4-6-10-21)17-16-24(27)25-23-11-7-8-19(2)20(23)3/h4-15H,16-17H2,1-3H3,(H,25,27). The van der Waals surface area contributed by atoms with E-state index >= 15 is 0 Å². The zero-order chi connectivity index (χ0) is 21.7. The first-order valence-corrected chi connectivity index (χ1v) is 11.2. The number of anilines is 2. The molecule has 0 fully saturated rings. The number of benzene rings is 3. The quantitative estimate of drug-likeness (QED) is 0.593. The second kappa shape index (κ2) is 9.13. The van der Waals surface area contributed by atoms with E-state index in [4.69, 9.17) is 0 Å². The number of carbonyl (C=O) groups is 1. The summed E-state index contributed by atoms with van der Waals surface area (Å²) in [5.41, 5.74) is 4.33. The van der Waals surface area contributed by atoms with Crippen LogP contribution in [0.1, 0.15) is 23.1 Å². The van der Waals surface area contributed by atoms with E-state index in [0.29, 0.717) is 5.69 Å². The zero-order valence-electron chi connectivity index (χ0n) is 17.4. The van der Waals surface area contributed by atoms with Gasteiger partial charge in [-0.1, -0.05) is 48.0 Å². The van der Waals surface area contributed by atoms with Gasteiger partial charge >= 0.3 is 0 Å². The van der Waals surface area contributed by atoms with Gasteiger partial charge in [-0.15, -0.1) is 0 Å². The van der Waals surface area contributed by atoms with Crippen LogP contribution in [-0.2, 0) is 14.8 Å². The number of hydrogen-bond acceptors (Lipinski definition) is 3. The second-order valence-corrected chi connectivity index (χ2v) is 9.13. The number of rotatable bonds is 7. The predicted octanol–water partition coefficient (Wildman–Crippen LogP) is 4.84. The highest BCUT2D eigenvalue weighted by Gasteiger charge is 2.25.